The lowest BCUT2D eigenvalue weighted by Gasteiger charge is -2.29. The summed E-state index contributed by atoms with van der Waals surface area (Å²) in [5, 5.41) is 9.24. The van der Waals surface area contributed by atoms with Crippen molar-refractivity contribution in [3.05, 3.63) is 100 Å². The summed E-state index contributed by atoms with van der Waals surface area (Å²) >= 11 is 0. The van der Waals surface area contributed by atoms with Crippen molar-refractivity contribution < 1.29 is 41.0 Å². The molecule has 1 aliphatic rings. The molecule has 1 fully saturated rings. The molecular weight excluding hydrogens is 522 g/mol. The molecule has 0 saturated heterocycles. The molecule has 1 aliphatic carbocycles. The molecule has 0 spiro atoms. The predicted octanol–water partition coefficient (Wildman–Crippen LogP) is 8.29. The van der Waals surface area contributed by atoms with Crippen LogP contribution in [0.4, 0.5) is 26.3 Å². The van der Waals surface area contributed by atoms with E-state index in [2.05, 4.69) is 0 Å². The first kappa shape index (κ1) is 28.3. The first-order chi connectivity index (χ1) is 18.6. The summed E-state index contributed by atoms with van der Waals surface area (Å²) in [6.45, 7) is 1.85. The van der Waals surface area contributed by atoms with Gasteiger partial charge in [0, 0.05) is 11.1 Å². The number of hydrogen-bond acceptors (Lipinski definition) is 3. The van der Waals surface area contributed by atoms with Gasteiger partial charge >= 0.3 is 5.97 Å². The van der Waals surface area contributed by atoms with E-state index in [1.165, 1.54) is 0 Å². The van der Waals surface area contributed by atoms with E-state index in [1.54, 1.807) is 12.1 Å². The number of allylic oxidation sites excluding steroid dienone is 2. The fraction of sp³-hybridized carbons (Fsp3) is 0.300. The highest BCUT2D eigenvalue weighted by atomic mass is 19.2. The fourth-order valence-corrected chi connectivity index (χ4v) is 4.89. The van der Waals surface area contributed by atoms with Crippen LogP contribution in [0.1, 0.15) is 66.4 Å². The molecule has 206 valence electrons. The predicted molar refractivity (Wildman–Crippen MR) is 133 cm³/mol. The van der Waals surface area contributed by atoms with Gasteiger partial charge in [-0.2, -0.15) is 4.39 Å². The number of hydrogen-bond donors (Lipinski definition) is 1. The second-order valence-electron chi connectivity index (χ2n) is 9.48. The number of aryl methyl sites for hydroxylation is 1. The van der Waals surface area contributed by atoms with Crippen molar-refractivity contribution in [3.8, 4) is 16.9 Å². The standard InChI is InChI=1S/C30H26F6O3/c1-2-3-4-5-17-8-11-19(25(32)24(17)31)16-6-9-18(10-7-16)39-30(38)22-13-12-20(26(33)28(22)35)21-14-15-23(37)29(36)27(21)34/h2-3,8,11-16,18,37H,4-7,9-10H2,1H3/b3-2+. The van der Waals surface area contributed by atoms with Crippen LogP contribution in [0.3, 0.4) is 0 Å². The maximum Gasteiger partial charge on any atom is 0.341 e. The molecule has 0 heterocycles. The molecule has 1 saturated carbocycles. The molecule has 1 N–H and O–H groups in total. The number of carbonyl (C=O) groups excluding carboxylic acids is 1. The van der Waals surface area contributed by atoms with Crippen LogP contribution >= 0.6 is 0 Å². The van der Waals surface area contributed by atoms with Crippen LogP contribution in [0, 0.1) is 34.9 Å². The maximum absolute atomic E-state index is 14.8. The van der Waals surface area contributed by atoms with E-state index >= 15 is 0 Å². The number of carbonyl (C=O) groups is 1. The van der Waals surface area contributed by atoms with E-state index in [1.807, 2.05) is 19.1 Å². The summed E-state index contributed by atoms with van der Waals surface area (Å²) in [7, 11) is 0. The van der Waals surface area contributed by atoms with E-state index < -0.39 is 69.4 Å². The Hall–Kier alpha value is -3.75. The number of rotatable bonds is 7. The zero-order valence-electron chi connectivity index (χ0n) is 21.0. The number of phenols is 1. The Kier molecular flexibility index (Phi) is 8.67. The summed E-state index contributed by atoms with van der Waals surface area (Å²) in [4.78, 5) is 12.6. The van der Waals surface area contributed by atoms with Crippen molar-refractivity contribution in [3.63, 3.8) is 0 Å². The zero-order valence-corrected chi connectivity index (χ0v) is 21.0. The number of ether oxygens (including phenoxy) is 1. The molecule has 4 rings (SSSR count). The summed E-state index contributed by atoms with van der Waals surface area (Å²) in [6, 6.07) is 6.67. The SMILES string of the molecule is C/C=C/CCc1ccc(C2CCC(OC(=O)c3ccc(-c4ccc(O)c(F)c4F)c(F)c3F)CC2)c(F)c1F. The number of phenolic OH excluding ortho intramolecular Hbond substituents is 1. The van der Waals surface area contributed by atoms with E-state index in [0.29, 0.717) is 44.1 Å². The Bertz CT molecular complexity index is 1410. The van der Waals surface area contributed by atoms with Crippen LogP contribution in [0.15, 0.2) is 48.6 Å². The van der Waals surface area contributed by atoms with Gasteiger partial charge in [-0.05, 0) is 80.7 Å². The molecule has 0 bridgehead atoms. The summed E-state index contributed by atoms with van der Waals surface area (Å²) < 4.78 is 92.0. The average molecular weight is 549 g/mol. The molecule has 3 nitrogen and oxygen atoms in total. The van der Waals surface area contributed by atoms with Crippen LogP contribution in [0.2, 0.25) is 0 Å². The highest BCUT2D eigenvalue weighted by Crippen LogP contribution is 2.37. The smallest absolute Gasteiger partial charge is 0.341 e. The Morgan fingerprint density at radius 3 is 2.13 bits per heavy atom. The second kappa shape index (κ2) is 12.0. The number of halogens is 6. The van der Waals surface area contributed by atoms with Gasteiger partial charge in [0.15, 0.2) is 34.8 Å². The zero-order chi connectivity index (χ0) is 28.3. The molecule has 0 aromatic heterocycles. The molecule has 3 aromatic rings. The van der Waals surface area contributed by atoms with Gasteiger partial charge in [-0.15, -0.1) is 0 Å². The Morgan fingerprint density at radius 2 is 1.46 bits per heavy atom. The molecular formula is C30H26F6O3. The van der Waals surface area contributed by atoms with Crippen LogP contribution in [-0.4, -0.2) is 17.2 Å². The summed E-state index contributed by atoms with van der Waals surface area (Å²) in [5.41, 5.74) is -1.43. The first-order valence-electron chi connectivity index (χ1n) is 12.6. The monoisotopic (exact) mass is 548 g/mol. The Balaban J connectivity index is 1.42. The highest BCUT2D eigenvalue weighted by molar-refractivity contribution is 5.90. The second-order valence-corrected chi connectivity index (χ2v) is 9.48. The molecule has 0 aliphatic heterocycles. The molecule has 3 aromatic carbocycles. The van der Waals surface area contributed by atoms with Gasteiger partial charge in [-0.3, -0.25) is 0 Å². The fourth-order valence-electron chi connectivity index (χ4n) is 4.89. The molecule has 0 unspecified atom stereocenters. The van der Waals surface area contributed by atoms with Crippen molar-refractivity contribution in [1.82, 2.24) is 0 Å². The molecule has 9 heteroatoms. The normalized spacial score (nSPS) is 17.5. The van der Waals surface area contributed by atoms with Crippen molar-refractivity contribution in [2.24, 2.45) is 0 Å². The van der Waals surface area contributed by atoms with Gasteiger partial charge in [-0.25, -0.2) is 26.7 Å². The topological polar surface area (TPSA) is 46.5 Å². The first-order valence-corrected chi connectivity index (χ1v) is 12.6. The third kappa shape index (κ3) is 5.82. The van der Waals surface area contributed by atoms with Crippen LogP contribution < -0.4 is 0 Å². The quantitative estimate of drug-likeness (QED) is 0.184. The summed E-state index contributed by atoms with van der Waals surface area (Å²) in [5.74, 6) is -10.5. The average Bonchev–Trinajstić information content (AvgIpc) is 2.92. The lowest BCUT2D eigenvalue weighted by Crippen LogP contribution is -2.25. The number of benzene rings is 3. The van der Waals surface area contributed by atoms with E-state index in [0.717, 1.165) is 24.3 Å². The lowest BCUT2D eigenvalue weighted by atomic mass is 9.82. The van der Waals surface area contributed by atoms with E-state index in [-0.39, 0.29) is 11.5 Å². The van der Waals surface area contributed by atoms with Crippen LogP contribution in [0.5, 0.6) is 5.75 Å². The van der Waals surface area contributed by atoms with Crippen molar-refractivity contribution in [1.29, 1.82) is 0 Å². The van der Waals surface area contributed by atoms with Gasteiger partial charge < -0.3 is 9.84 Å². The highest BCUT2D eigenvalue weighted by Gasteiger charge is 2.30. The van der Waals surface area contributed by atoms with Gasteiger partial charge in [0.05, 0.1) is 5.56 Å². The molecule has 0 radical (unpaired) electrons. The molecule has 0 amide bonds. The number of esters is 1. The minimum absolute atomic E-state index is 0.258. The maximum atomic E-state index is 14.8. The van der Waals surface area contributed by atoms with Crippen molar-refractivity contribution in [2.75, 3.05) is 0 Å². The van der Waals surface area contributed by atoms with Gasteiger partial charge in [0.25, 0.3) is 0 Å². The van der Waals surface area contributed by atoms with Crippen LogP contribution in [0.25, 0.3) is 11.1 Å². The third-order valence-corrected chi connectivity index (χ3v) is 7.05. The third-order valence-electron chi connectivity index (χ3n) is 7.05. The van der Waals surface area contributed by atoms with Gasteiger partial charge in [0.2, 0.25) is 5.82 Å². The van der Waals surface area contributed by atoms with Crippen molar-refractivity contribution in [2.45, 2.75) is 57.5 Å². The summed E-state index contributed by atoms with van der Waals surface area (Å²) in [6.07, 6.45) is 5.46. The lowest BCUT2D eigenvalue weighted by molar-refractivity contribution is 0.0188. The van der Waals surface area contributed by atoms with Gasteiger partial charge in [-0.1, -0.05) is 30.4 Å². The molecule has 0 atom stereocenters. The van der Waals surface area contributed by atoms with Crippen LogP contribution in [-0.2, 0) is 11.2 Å². The largest absolute Gasteiger partial charge is 0.505 e. The van der Waals surface area contributed by atoms with E-state index in [9.17, 15) is 36.2 Å². The Labute approximate surface area is 221 Å². The Morgan fingerprint density at radius 1 is 0.821 bits per heavy atom. The minimum atomic E-state index is -1.62. The van der Waals surface area contributed by atoms with Crippen molar-refractivity contribution >= 4 is 5.97 Å². The van der Waals surface area contributed by atoms with E-state index in [4.69, 9.17) is 4.74 Å². The van der Waals surface area contributed by atoms with Gasteiger partial charge in [0.1, 0.15) is 6.10 Å². The molecule has 39 heavy (non-hydrogen) atoms. The minimum Gasteiger partial charge on any atom is -0.505 e. The number of aromatic hydroxyl groups is 1.